The molecule has 1 N–H and O–H groups in total. The molecule has 136 valence electrons. The van der Waals surface area contributed by atoms with Crippen LogP contribution in [0.1, 0.15) is 36.8 Å². The number of hydrogen-bond acceptors (Lipinski definition) is 3. The molecule has 5 heteroatoms. The van der Waals surface area contributed by atoms with E-state index in [2.05, 4.69) is 22.4 Å². The Balaban J connectivity index is 1.39. The highest BCUT2D eigenvalue weighted by atomic mass is 16.5. The molecular weight excluding hydrogens is 326 g/mol. The molecular formula is C21H25N3O2. The number of carbonyl (C=O) groups excluding carboxylic acids is 1. The summed E-state index contributed by atoms with van der Waals surface area (Å²) < 4.78 is 5.85. The number of anilines is 1. The van der Waals surface area contributed by atoms with Gasteiger partial charge in [0.1, 0.15) is 12.4 Å². The lowest BCUT2D eigenvalue weighted by molar-refractivity contribution is 0.124. The first-order valence-electron chi connectivity index (χ1n) is 9.52. The van der Waals surface area contributed by atoms with Crippen molar-refractivity contribution in [2.45, 2.75) is 44.6 Å². The van der Waals surface area contributed by atoms with E-state index in [1.54, 1.807) is 12.4 Å². The van der Waals surface area contributed by atoms with Crippen LogP contribution in [-0.4, -0.2) is 35.1 Å². The summed E-state index contributed by atoms with van der Waals surface area (Å²) in [5.74, 6) is 0.747. The SMILES string of the molecule is O=C(Nc1ccc2c(c1)CCC2)N1CCCCC1COc1cccnc1. The lowest BCUT2D eigenvalue weighted by Gasteiger charge is -2.35. The van der Waals surface area contributed by atoms with Crippen LogP contribution in [0.5, 0.6) is 5.75 Å². The number of pyridine rings is 1. The number of ether oxygens (including phenoxy) is 1. The van der Waals surface area contributed by atoms with E-state index >= 15 is 0 Å². The summed E-state index contributed by atoms with van der Waals surface area (Å²) in [7, 11) is 0. The van der Waals surface area contributed by atoms with Crippen molar-refractivity contribution in [1.29, 1.82) is 0 Å². The Hall–Kier alpha value is -2.56. The third kappa shape index (κ3) is 3.82. The summed E-state index contributed by atoms with van der Waals surface area (Å²) in [6.45, 7) is 1.28. The van der Waals surface area contributed by atoms with Gasteiger partial charge in [-0.05, 0) is 73.9 Å². The summed E-state index contributed by atoms with van der Waals surface area (Å²) in [5.41, 5.74) is 3.69. The highest BCUT2D eigenvalue weighted by molar-refractivity contribution is 5.89. The van der Waals surface area contributed by atoms with Crippen LogP contribution in [0.15, 0.2) is 42.7 Å². The Kier molecular flexibility index (Phi) is 5.04. The summed E-state index contributed by atoms with van der Waals surface area (Å²) in [6.07, 6.45) is 10.1. The number of carbonyl (C=O) groups is 1. The lowest BCUT2D eigenvalue weighted by Crippen LogP contribution is -2.48. The zero-order chi connectivity index (χ0) is 17.8. The van der Waals surface area contributed by atoms with E-state index in [0.717, 1.165) is 50.1 Å². The van der Waals surface area contributed by atoms with Gasteiger partial charge in [-0.25, -0.2) is 4.79 Å². The zero-order valence-electron chi connectivity index (χ0n) is 15.0. The van der Waals surface area contributed by atoms with Crippen LogP contribution < -0.4 is 10.1 Å². The molecule has 4 rings (SSSR count). The van der Waals surface area contributed by atoms with Gasteiger partial charge in [0.25, 0.3) is 0 Å². The van der Waals surface area contributed by atoms with Crippen molar-refractivity contribution < 1.29 is 9.53 Å². The first kappa shape index (κ1) is 16.9. The Morgan fingerprint density at radius 1 is 1.19 bits per heavy atom. The van der Waals surface area contributed by atoms with Crippen LogP contribution in [0, 0.1) is 0 Å². The average Bonchev–Trinajstić information content (AvgIpc) is 3.15. The molecule has 1 aromatic carbocycles. The minimum atomic E-state index is -0.0255. The highest BCUT2D eigenvalue weighted by Gasteiger charge is 2.27. The molecule has 1 aromatic heterocycles. The van der Waals surface area contributed by atoms with Crippen LogP contribution in [0.2, 0.25) is 0 Å². The fourth-order valence-electron chi connectivity index (χ4n) is 3.91. The Bertz CT molecular complexity index is 763. The van der Waals surface area contributed by atoms with Crippen molar-refractivity contribution in [3.63, 3.8) is 0 Å². The number of hydrogen-bond donors (Lipinski definition) is 1. The Labute approximate surface area is 154 Å². The number of aryl methyl sites for hydroxylation is 2. The van der Waals surface area contributed by atoms with Crippen molar-refractivity contribution in [3.05, 3.63) is 53.9 Å². The largest absolute Gasteiger partial charge is 0.490 e. The monoisotopic (exact) mass is 351 g/mol. The van der Waals surface area contributed by atoms with E-state index in [-0.39, 0.29) is 12.1 Å². The maximum absolute atomic E-state index is 12.8. The molecule has 2 heterocycles. The smallest absolute Gasteiger partial charge is 0.322 e. The fraction of sp³-hybridized carbons (Fsp3) is 0.429. The lowest BCUT2D eigenvalue weighted by atomic mass is 10.0. The van der Waals surface area contributed by atoms with E-state index in [0.29, 0.717) is 6.61 Å². The maximum Gasteiger partial charge on any atom is 0.322 e. The van der Waals surface area contributed by atoms with E-state index in [1.807, 2.05) is 23.1 Å². The molecule has 0 saturated carbocycles. The standard InChI is InChI=1S/C21H25N3O2/c25-21(23-18-10-9-16-5-3-6-17(16)13-18)24-12-2-1-7-19(24)15-26-20-8-4-11-22-14-20/h4,8-11,13-14,19H,1-3,5-7,12,15H2,(H,23,25). The first-order chi connectivity index (χ1) is 12.8. The van der Waals surface area contributed by atoms with Gasteiger partial charge in [-0.2, -0.15) is 0 Å². The van der Waals surface area contributed by atoms with Crippen LogP contribution in [0.4, 0.5) is 10.5 Å². The minimum absolute atomic E-state index is 0.0255. The predicted octanol–water partition coefficient (Wildman–Crippen LogP) is 4.04. The van der Waals surface area contributed by atoms with Gasteiger partial charge in [0.2, 0.25) is 0 Å². The van der Waals surface area contributed by atoms with Gasteiger partial charge in [-0.15, -0.1) is 0 Å². The Morgan fingerprint density at radius 3 is 3.00 bits per heavy atom. The number of nitrogens with zero attached hydrogens (tertiary/aromatic N) is 2. The van der Waals surface area contributed by atoms with Gasteiger partial charge in [0.05, 0.1) is 12.2 Å². The fourth-order valence-corrected chi connectivity index (χ4v) is 3.91. The van der Waals surface area contributed by atoms with E-state index < -0.39 is 0 Å². The topological polar surface area (TPSA) is 54.5 Å². The molecule has 0 radical (unpaired) electrons. The molecule has 2 amide bonds. The van der Waals surface area contributed by atoms with Gasteiger partial charge < -0.3 is 15.0 Å². The molecule has 1 aliphatic heterocycles. The number of piperidine rings is 1. The molecule has 2 aliphatic rings. The Morgan fingerprint density at radius 2 is 2.12 bits per heavy atom. The van der Waals surface area contributed by atoms with E-state index in [4.69, 9.17) is 4.74 Å². The van der Waals surface area contributed by atoms with Crippen LogP contribution in [-0.2, 0) is 12.8 Å². The number of nitrogens with one attached hydrogen (secondary N) is 1. The number of likely N-dealkylation sites (tertiary alicyclic amines) is 1. The van der Waals surface area contributed by atoms with Gasteiger partial charge in [0, 0.05) is 18.4 Å². The van der Waals surface area contributed by atoms with Gasteiger partial charge in [0.15, 0.2) is 0 Å². The maximum atomic E-state index is 12.8. The molecule has 0 bridgehead atoms. The molecule has 2 aromatic rings. The summed E-state index contributed by atoms with van der Waals surface area (Å²) >= 11 is 0. The summed E-state index contributed by atoms with van der Waals surface area (Å²) in [5, 5.41) is 3.09. The van der Waals surface area contributed by atoms with Crippen molar-refractivity contribution in [2.24, 2.45) is 0 Å². The molecule has 5 nitrogen and oxygen atoms in total. The number of aromatic nitrogens is 1. The molecule has 1 saturated heterocycles. The number of urea groups is 1. The van der Waals surface area contributed by atoms with Crippen LogP contribution in [0.25, 0.3) is 0 Å². The first-order valence-corrected chi connectivity index (χ1v) is 9.52. The number of rotatable bonds is 4. The number of amides is 2. The van der Waals surface area contributed by atoms with Crippen LogP contribution in [0.3, 0.4) is 0 Å². The molecule has 26 heavy (non-hydrogen) atoms. The number of fused-ring (bicyclic) bond motifs is 1. The average molecular weight is 351 g/mol. The van der Waals surface area contributed by atoms with Crippen LogP contribution >= 0.6 is 0 Å². The molecule has 1 fully saturated rings. The third-order valence-corrected chi connectivity index (χ3v) is 5.31. The molecule has 0 spiro atoms. The van der Waals surface area contributed by atoms with E-state index in [1.165, 1.54) is 17.5 Å². The van der Waals surface area contributed by atoms with Crippen molar-refractivity contribution in [1.82, 2.24) is 9.88 Å². The van der Waals surface area contributed by atoms with Crippen molar-refractivity contribution in [2.75, 3.05) is 18.5 Å². The zero-order valence-corrected chi connectivity index (χ0v) is 15.0. The van der Waals surface area contributed by atoms with Gasteiger partial charge in [-0.3, -0.25) is 4.98 Å². The second-order valence-corrected chi connectivity index (χ2v) is 7.11. The quantitative estimate of drug-likeness (QED) is 0.905. The van der Waals surface area contributed by atoms with Gasteiger partial charge in [-0.1, -0.05) is 6.07 Å². The van der Waals surface area contributed by atoms with E-state index in [9.17, 15) is 4.79 Å². The molecule has 1 aliphatic carbocycles. The second kappa shape index (κ2) is 7.77. The second-order valence-electron chi connectivity index (χ2n) is 7.11. The normalized spacial score (nSPS) is 19.1. The third-order valence-electron chi connectivity index (χ3n) is 5.31. The van der Waals surface area contributed by atoms with Crippen molar-refractivity contribution in [3.8, 4) is 5.75 Å². The number of benzene rings is 1. The molecule has 1 atom stereocenters. The minimum Gasteiger partial charge on any atom is -0.490 e. The summed E-state index contributed by atoms with van der Waals surface area (Å²) in [4.78, 5) is 18.8. The highest BCUT2D eigenvalue weighted by Crippen LogP contribution is 2.26. The predicted molar refractivity (Wildman–Crippen MR) is 102 cm³/mol. The molecule has 1 unspecified atom stereocenters. The van der Waals surface area contributed by atoms with Crippen molar-refractivity contribution >= 4 is 11.7 Å². The summed E-state index contributed by atoms with van der Waals surface area (Å²) in [6, 6.07) is 10.1. The van der Waals surface area contributed by atoms with Gasteiger partial charge >= 0.3 is 6.03 Å².